The molecule has 1 atom stereocenters. The van der Waals surface area contributed by atoms with Gasteiger partial charge in [0.25, 0.3) is 0 Å². The van der Waals surface area contributed by atoms with Gasteiger partial charge in [0.15, 0.2) is 5.11 Å². The molecule has 0 radical (unpaired) electrons. The first kappa shape index (κ1) is 13.5. The van der Waals surface area contributed by atoms with E-state index in [1.807, 2.05) is 30.1 Å². The van der Waals surface area contributed by atoms with Gasteiger partial charge in [-0.1, -0.05) is 19.1 Å². The fourth-order valence-electron chi connectivity index (χ4n) is 1.37. The lowest BCUT2D eigenvalue weighted by Crippen LogP contribution is -2.37. The summed E-state index contributed by atoms with van der Waals surface area (Å²) in [5.74, 6) is 0. The fraction of sp³-hybridized carbons (Fsp3) is 0.385. The van der Waals surface area contributed by atoms with Gasteiger partial charge >= 0.3 is 0 Å². The molecule has 3 nitrogen and oxygen atoms in total. The molecule has 90 valence electrons. The van der Waals surface area contributed by atoms with Crippen molar-refractivity contribution in [2.75, 3.05) is 12.4 Å². The number of para-hydroxylation sites is 1. The monoisotopic (exact) mass is 247 g/mol. The molecule has 0 saturated carbocycles. The lowest BCUT2D eigenvalue weighted by Gasteiger charge is -2.27. The number of thiocarbonyl (C=S) groups is 1. The highest BCUT2D eigenvalue weighted by Gasteiger charge is 2.11. The molecule has 0 saturated heterocycles. The molecule has 0 heterocycles. The van der Waals surface area contributed by atoms with Gasteiger partial charge < -0.3 is 10.2 Å². The second-order valence-corrected chi connectivity index (χ2v) is 4.34. The Hall–Kier alpha value is -1.60. The summed E-state index contributed by atoms with van der Waals surface area (Å²) in [4.78, 5) is 2.00. The molecule has 4 heteroatoms. The van der Waals surface area contributed by atoms with Crippen LogP contribution in [0.1, 0.15) is 25.8 Å². The van der Waals surface area contributed by atoms with Crippen molar-refractivity contribution in [3.05, 3.63) is 29.8 Å². The Balaban J connectivity index is 2.78. The van der Waals surface area contributed by atoms with Crippen molar-refractivity contribution in [3.8, 4) is 6.07 Å². The van der Waals surface area contributed by atoms with Gasteiger partial charge in [-0.15, -0.1) is 0 Å². The highest BCUT2D eigenvalue weighted by atomic mass is 32.1. The Morgan fingerprint density at radius 3 is 2.76 bits per heavy atom. The van der Waals surface area contributed by atoms with Gasteiger partial charge in [-0.2, -0.15) is 5.26 Å². The number of anilines is 1. The first-order valence-electron chi connectivity index (χ1n) is 5.63. The standard InChI is InChI=1S/C13H17N3S/c1-4-10(2)16(3)13(17)15-12-8-6-5-7-11(12)9-14/h5-8,10H,4H2,1-3H3,(H,15,17)/t10-/m1/s1. The number of nitrogens with zero attached hydrogens (tertiary/aromatic N) is 2. The summed E-state index contributed by atoms with van der Waals surface area (Å²) in [5, 5.41) is 12.7. The second-order valence-electron chi connectivity index (χ2n) is 3.96. The molecule has 0 aliphatic rings. The quantitative estimate of drug-likeness (QED) is 0.833. The molecule has 17 heavy (non-hydrogen) atoms. The zero-order valence-corrected chi connectivity index (χ0v) is 11.2. The zero-order valence-electron chi connectivity index (χ0n) is 10.4. The average molecular weight is 247 g/mol. The normalized spacial score (nSPS) is 11.4. The number of rotatable bonds is 3. The summed E-state index contributed by atoms with van der Waals surface area (Å²) in [6, 6.07) is 9.87. The Morgan fingerprint density at radius 2 is 2.18 bits per heavy atom. The van der Waals surface area contributed by atoms with Gasteiger partial charge in [0.2, 0.25) is 0 Å². The largest absolute Gasteiger partial charge is 0.349 e. The van der Waals surface area contributed by atoms with Crippen LogP contribution in [0.2, 0.25) is 0 Å². The van der Waals surface area contributed by atoms with Crippen LogP contribution < -0.4 is 5.32 Å². The van der Waals surface area contributed by atoms with Crippen molar-refractivity contribution in [1.29, 1.82) is 5.26 Å². The lowest BCUT2D eigenvalue weighted by atomic mass is 10.2. The minimum atomic E-state index is 0.379. The van der Waals surface area contributed by atoms with E-state index in [0.29, 0.717) is 16.7 Å². The van der Waals surface area contributed by atoms with Crippen molar-refractivity contribution in [2.45, 2.75) is 26.3 Å². The molecule has 1 aromatic rings. The summed E-state index contributed by atoms with van der Waals surface area (Å²) in [6.45, 7) is 4.23. The molecule has 0 unspecified atom stereocenters. The molecule has 0 amide bonds. The van der Waals surface area contributed by atoms with Gasteiger partial charge in [0, 0.05) is 13.1 Å². The minimum Gasteiger partial charge on any atom is -0.349 e. The molecule has 1 N–H and O–H groups in total. The Morgan fingerprint density at radius 1 is 1.53 bits per heavy atom. The third-order valence-corrected chi connectivity index (χ3v) is 3.25. The van der Waals surface area contributed by atoms with Crippen LogP contribution in [-0.2, 0) is 0 Å². The highest BCUT2D eigenvalue weighted by Crippen LogP contribution is 2.14. The maximum atomic E-state index is 8.98. The van der Waals surface area contributed by atoms with Gasteiger partial charge in [0.05, 0.1) is 11.3 Å². The van der Waals surface area contributed by atoms with E-state index in [1.165, 1.54) is 0 Å². The SMILES string of the molecule is CC[C@@H](C)N(C)C(=S)Nc1ccccc1C#N. The van der Waals surface area contributed by atoms with Gasteiger partial charge in [-0.05, 0) is 37.7 Å². The first-order chi connectivity index (χ1) is 8.10. The molecular weight excluding hydrogens is 230 g/mol. The average Bonchev–Trinajstić information content (AvgIpc) is 2.37. The predicted octanol–water partition coefficient (Wildman–Crippen LogP) is 2.99. The molecule has 0 aromatic heterocycles. The molecule has 0 fully saturated rings. The highest BCUT2D eigenvalue weighted by molar-refractivity contribution is 7.80. The van der Waals surface area contributed by atoms with E-state index in [9.17, 15) is 0 Å². The van der Waals surface area contributed by atoms with Crippen molar-refractivity contribution >= 4 is 23.0 Å². The number of hydrogen-bond donors (Lipinski definition) is 1. The second kappa shape index (κ2) is 6.21. The summed E-state index contributed by atoms with van der Waals surface area (Å²) in [6.07, 6.45) is 1.03. The van der Waals surface area contributed by atoms with Crippen molar-refractivity contribution < 1.29 is 0 Å². The maximum Gasteiger partial charge on any atom is 0.173 e. The van der Waals surface area contributed by atoms with Crippen LogP contribution in [-0.4, -0.2) is 23.1 Å². The maximum absolute atomic E-state index is 8.98. The lowest BCUT2D eigenvalue weighted by molar-refractivity contribution is 0.386. The van der Waals surface area contributed by atoms with Gasteiger partial charge in [-0.3, -0.25) is 0 Å². The van der Waals surface area contributed by atoms with E-state index in [2.05, 4.69) is 25.2 Å². The zero-order chi connectivity index (χ0) is 12.8. The minimum absolute atomic E-state index is 0.379. The van der Waals surface area contributed by atoms with Crippen LogP contribution in [0.3, 0.4) is 0 Å². The van der Waals surface area contributed by atoms with E-state index in [1.54, 1.807) is 6.07 Å². The number of nitriles is 1. The molecule has 1 rings (SSSR count). The summed E-state index contributed by atoms with van der Waals surface area (Å²) in [5.41, 5.74) is 1.36. The molecule has 0 aliphatic heterocycles. The Labute approximate surface area is 108 Å². The van der Waals surface area contributed by atoms with Gasteiger partial charge in [-0.25, -0.2) is 0 Å². The number of nitrogens with one attached hydrogen (secondary N) is 1. The van der Waals surface area contributed by atoms with Gasteiger partial charge in [0.1, 0.15) is 6.07 Å². The van der Waals surface area contributed by atoms with Crippen LogP contribution >= 0.6 is 12.2 Å². The molecule has 0 spiro atoms. The Kier molecular flexibility index (Phi) is 4.92. The Bertz CT molecular complexity index is 437. The number of hydrogen-bond acceptors (Lipinski definition) is 2. The van der Waals surface area contributed by atoms with E-state index < -0.39 is 0 Å². The van der Waals surface area contributed by atoms with Crippen LogP contribution in [0.15, 0.2) is 24.3 Å². The molecule has 0 aliphatic carbocycles. The molecule has 0 bridgehead atoms. The summed E-state index contributed by atoms with van der Waals surface area (Å²) >= 11 is 5.31. The van der Waals surface area contributed by atoms with Crippen molar-refractivity contribution in [1.82, 2.24) is 4.90 Å². The number of benzene rings is 1. The van der Waals surface area contributed by atoms with Crippen LogP contribution in [0, 0.1) is 11.3 Å². The molecule has 1 aromatic carbocycles. The smallest absolute Gasteiger partial charge is 0.173 e. The van der Waals surface area contributed by atoms with Crippen LogP contribution in [0.4, 0.5) is 5.69 Å². The van der Waals surface area contributed by atoms with Crippen molar-refractivity contribution in [2.24, 2.45) is 0 Å². The summed E-state index contributed by atoms with van der Waals surface area (Å²) < 4.78 is 0. The first-order valence-corrected chi connectivity index (χ1v) is 6.04. The van der Waals surface area contributed by atoms with Crippen molar-refractivity contribution in [3.63, 3.8) is 0 Å². The third kappa shape index (κ3) is 3.43. The van der Waals surface area contributed by atoms with E-state index in [4.69, 9.17) is 17.5 Å². The van der Waals surface area contributed by atoms with E-state index >= 15 is 0 Å². The summed E-state index contributed by atoms with van der Waals surface area (Å²) in [7, 11) is 1.96. The van der Waals surface area contributed by atoms with Crippen LogP contribution in [0.25, 0.3) is 0 Å². The van der Waals surface area contributed by atoms with Crippen LogP contribution in [0.5, 0.6) is 0 Å². The predicted molar refractivity (Wildman–Crippen MR) is 74.9 cm³/mol. The molecular formula is C13H17N3S. The third-order valence-electron chi connectivity index (χ3n) is 2.86. The van der Waals surface area contributed by atoms with E-state index in [-0.39, 0.29) is 0 Å². The topological polar surface area (TPSA) is 39.1 Å². The van der Waals surface area contributed by atoms with E-state index in [0.717, 1.165) is 12.1 Å². The fourth-order valence-corrected chi connectivity index (χ4v) is 1.66.